The number of halogens is 1. The van der Waals surface area contributed by atoms with E-state index in [9.17, 15) is 13.2 Å². The van der Waals surface area contributed by atoms with Crippen LogP contribution < -0.4 is 0 Å². The SMILES string of the molecule is CS(=O)(=O)CCN1CCN(C(=O)c2csc(-c3cccc(Cl)c3)n2)CC1. The van der Waals surface area contributed by atoms with E-state index in [1.165, 1.54) is 17.6 Å². The summed E-state index contributed by atoms with van der Waals surface area (Å²) in [7, 11) is -2.96. The monoisotopic (exact) mass is 413 g/mol. The molecule has 1 fully saturated rings. The van der Waals surface area contributed by atoms with Crippen molar-refractivity contribution in [1.29, 1.82) is 0 Å². The molecule has 0 radical (unpaired) electrons. The van der Waals surface area contributed by atoms with E-state index in [1.807, 2.05) is 18.2 Å². The number of aromatic nitrogens is 1. The molecule has 0 saturated carbocycles. The molecule has 140 valence electrons. The van der Waals surface area contributed by atoms with Crippen LogP contribution >= 0.6 is 22.9 Å². The Morgan fingerprint density at radius 2 is 2.00 bits per heavy atom. The molecule has 2 heterocycles. The van der Waals surface area contributed by atoms with Crippen LogP contribution in [0, 0.1) is 0 Å². The van der Waals surface area contributed by atoms with Crippen molar-refractivity contribution in [3.8, 4) is 10.6 Å². The maximum atomic E-state index is 12.7. The van der Waals surface area contributed by atoms with Crippen molar-refractivity contribution in [2.75, 3.05) is 44.7 Å². The Bertz CT molecular complexity index is 890. The van der Waals surface area contributed by atoms with Crippen molar-refractivity contribution in [3.05, 3.63) is 40.4 Å². The fraction of sp³-hybridized carbons (Fsp3) is 0.412. The lowest BCUT2D eigenvalue weighted by molar-refractivity contribution is 0.0639. The zero-order chi connectivity index (χ0) is 18.7. The van der Waals surface area contributed by atoms with Gasteiger partial charge in [0.25, 0.3) is 5.91 Å². The summed E-state index contributed by atoms with van der Waals surface area (Å²) in [5, 5.41) is 3.17. The number of hydrogen-bond donors (Lipinski definition) is 0. The minimum Gasteiger partial charge on any atom is -0.335 e. The van der Waals surface area contributed by atoms with Gasteiger partial charge in [0.15, 0.2) is 0 Å². The van der Waals surface area contributed by atoms with Gasteiger partial charge >= 0.3 is 0 Å². The minimum absolute atomic E-state index is 0.0858. The van der Waals surface area contributed by atoms with E-state index in [0.717, 1.165) is 10.6 Å². The van der Waals surface area contributed by atoms with Crippen LogP contribution in [0.3, 0.4) is 0 Å². The van der Waals surface area contributed by atoms with Crippen LogP contribution in [0.2, 0.25) is 5.02 Å². The standard InChI is InChI=1S/C17H20ClN3O3S2/c1-26(23,24)10-9-20-5-7-21(8-6-20)17(22)15-12-25-16(19-15)13-3-2-4-14(18)11-13/h2-4,11-12H,5-10H2,1H3. The molecule has 0 aliphatic carbocycles. The highest BCUT2D eigenvalue weighted by Crippen LogP contribution is 2.26. The largest absolute Gasteiger partial charge is 0.335 e. The normalized spacial score (nSPS) is 16.0. The third-order valence-electron chi connectivity index (χ3n) is 4.23. The number of piperazine rings is 1. The predicted molar refractivity (Wildman–Crippen MR) is 105 cm³/mol. The van der Waals surface area contributed by atoms with Gasteiger partial charge in [-0.15, -0.1) is 11.3 Å². The van der Waals surface area contributed by atoms with Crippen molar-refractivity contribution < 1.29 is 13.2 Å². The van der Waals surface area contributed by atoms with Gasteiger partial charge in [-0.3, -0.25) is 9.69 Å². The van der Waals surface area contributed by atoms with Gasteiger partial charge in [0.1, 0.15) is 20.5 Å². The Morgan fingerprint density at radius 3 is 2.65 bits per heavy atom. The summed E-state index contributed by atoms with van der Waals surface area (Å²) in [5.74, 6) is 0.0630. The fourth-order valence-corrected chi connectivity index (χ4v) is 4.33. The molecular formula is C17H20ClN3O3S2. The molecule has 0 bridgehead atoms. The predicted octanol–water partition coefficient (Wildman–Crippen LogP) is 2.27. The molecule has 1 aliphatic rings. The van der Waals surface area contributed by atoms with E-state index in [4.69, 9.17) is 11.6 Å². The van der Waals surface area contributed by atoms with Crippen molar-refractivity contribution >= 4 is 38.7 Å². The second-order valence-corrected chi connectivity index (χ2v) is 9.87. The van der Waals surface area contributed by atoms with E-state index in [-0.39, 0.29) is 11.7 Å². The van der Waals surface area contributed by atoms with Gasteiger partial charge in [0.2, 0.25) is 0 Å². The highest BCUT2D eigenvalue weighted by atomic mass is 35.5. The second kappa shape index (κ2) is 8.04. The smallest absolute Gasteiger partial charge is 0.273 e. The number of sulfone groups is 1. The molecule has 1 aromatic heterocycles. The Hall–Kier alpha value is -1.48. The van der Waals surface area contributed by atoms with Gasteiger partial charge in [-0.05, 0) is 12.1 Å². The van der Waals surface area contributed by atoms with Gasteiger partial charge in [0, 0.05) is 54.9 Å². The Balaban J connectivity index is 1.59. The zero-order valence-electron chi connectivity index (χ0n) is 14.4. The van der Waals surface area contributed by atoms with E-state index in [2.05, 4.69) is 9.88 Å². The van der Waals surface area contributed by atoms with Crippen molar-refractivity contribution in [2.45, 2.75) is 0 Å². The first kappa shape index (κ1) is 19.3. The molecule has 1 aromatic carbocycles. The first-order valence-corrected chi connectivity index (χ1v) is 11.5. The maximum Gasteiger partial charge on any atom is 0.273 e. The zero-order valence-corrected chi connectivity index (χ0v) is 16.8. The van der Waals surface area contributed by atoms with Crippen LogP contribution in [0.15, 0.2) is 29.6 Å². The number of hydrogen-bond acceptors (Lipinski definition) is 6. The molecule has 0 atom stereocenters. The Kier molecular flexibility index (Phi) is 5.96. The highest BCUT2D eigenvalue weighted by molar-refractivity contribution is 7.90. The number of rotatable bonds is 5. The molecule has 0 spiro atoms. The van der Waals surface area contributed by atoms with Crippen molar-refractivity contribution in [3.63, 3.8) is 0 Å². The van der Waals surface area contributed by atoms with Gasteiger partial charge in [0.05, 0.1) is 5.75 Å². The van der Waals surface area contributed by atoms with E-state index < -0.39 is 9.84 Å². The van der Waals surface area contributed by atoms with E-state index in [1.54, 1.807) is 16.3 Å². The summed E-state index contributed by atoms with van der Waals surface area (Å²) in [4.78, 5) is 21.0. The van der Waals surface area contributed by atoms with Crippen LogP contribution in [0.4, 0.5) is 0 Å². The lowest BCUT2D eigenvalue weighted by Gasteiger charge is -2.34. The van der Waals surface area contributed by atoms with Crippen molar-refractivity contribution in [2.24, 2.45) is 0 Å². The third-order valence-corrected chi connectivity index (χ3v) is 6.28. The molecule has 1 saturated heterocycles. The lowest BCUT2D eigenvalue weighted by Crippen LogP contribution is -2.49. The number of nitrogens with zero attached hydrogens (tertiary/aromatic N) is 3. The summed E-state index contributed by atoms with van der Waals surface area (Å²) in [6.07, 6.45) is 1.24. The fourth-order valence-electron chi connectivity index (χ4n) is 2.76. The molecule has 1 aliphatic heterocycles. The summed E-state index contributed by atoms with van der Waals surface area (Å²) in [6, 6.07) is 7.40. The number of amides is 1. The summed E-state index contributed by atoms with van der Waals surface area (Å²) in [6.45, 7) is 3.01. The average Bonchev–Trinajstić information content (AvgIpc) is 3.09. The molecule has 1 amide bonds. The van der Waals surface area contributed by atoms with Crippen molar-refractivity contribution in [1.82, 2.24) is 14.8 Å². The van der Waals surface area contributed by atoms with Crippen LogP contribution in [-0.4, -0.2) is 73.8 Å². The topological polar surface area (TPSA) is 70.6 Å². The second-order valence-electron chi connectivity index (χ2n) is 6.31. The molecule has 3 rings (SSSR count). The van der Waals surface area contributed by atoms with Gasteiger partial charge in [-0.2, -0.15) is 0 Å². The average molecular weight is 414 g/mol. The van der Waals surface area contributed by atoms with Crippen LogP contribution in [0.25, 0.3) is 10.6 Å². The first-order valence-electron chi connectivity index (χ1n) is 8.23. The minimum atomic E-state index is -2.96. The first-order chi connectivity index (χ1) is 12.3. The molecule has 2 aromatic rings. The summed E-state index contributed by atoms with van der Waals surface area (Å²) in [5.41, 5.74) is 1.33. The summed E-state index contributed by atoms with van der Waals surface area (Å²) >= 11 is 7.43. The van der Waals surface area contributed by atoms with Crippen LogP contribution in [0.1, 0.15) is 10.5 Å². The summed E-state index contributed by atoms with van der Waals surface area (Å²) < 4.78 is 22.5. The molecule has 9 heteroatoms. The number of benzene rings is 1. The Labute approximate surface area is 162 Å². The van der Waals surface area contributed by atoms with Gasteiger partial charge in [-0.25, -0.2) is 13.4 Å². The highest BCUT2D eigenvalue weighted by Gasteiger charge is 2.24. The van der Waals surface area contributed by atoms with Crippen LogP contribution in [-0.2, 0) is 9.84 Å². The molecule has 0 unspecified atom stereocenters. The Morgan fingerprint density at radius 1 is 1.27 bits per heavy atom. The molecule has 0 N–H and O–H groups in total. The van der Waals surface area contributed by atoms with Gasteiger partial charge < -0.3 is 4.90 Å². The number of carbonyl (C=O) groups is 1. The number of carbonyl (C=O) groups excluding carboxylic acids is 1. The maximum absolute atomic E-state index is 12.7. The van der Waals surface area contributed by atoms with Gasteiger partial charge in [-0.1, -0.05) is 23.7 Å². The molecule has 6 nitrogen and oxygen atoms in total. The number of thiazole rings is 1. The quantitative estimate of drug-likeness (QED) is 0.751. The molecule has 26 heavy (non-hydrogen) atoms. The van der Waals surface area contributed by atoms with E-state index >= 15 is 0 Å². The lowest BCUT2D eigenvalue weighted by atomic mass is 10.2. The molecular weight excluding hydrogens is 394 g/mol. The third kappa shape index (κ3) is 5.03. The van der Waals surface area contributed by atoms with Crippen LogP contribution in [0.5, 0.6) is 0 Å². The van der Waals surface area contributed by atoms with E-state index in [0.29, 0.717) is 43.4 Å².